The van der Waals surface area contributed by atoms with E-state index in [9.17, 15) is 22.8 Å². The van der Waals surface area contributed by atoms with Crippen LogP contribution in [0, 0.1) is 11.2 Å². The number of nitrogens with zero attached hydrogens (tertiary/aromatic N) is 6. The summed E-state index contributed by atoms with van der Waals surface area (Å²) < 4.78 is 72.2. The number of ether oxygens (including phenoxy) is 2. The molecule has 1 N–H and O–H groups in total. The van der Waals surface area contributed by atoms with Crippen molar-refractivity contribution in [3.8, 4) is 11.3 Å². The van der Waals surface area contributed by atoms with Gasteiger partial charge in [-0.2, -0.15) is 13.2 Å². The Labute approximate surface area is 322 Å². The number of aryl methyl sites for hydroxylation is 1. The smallest absolute Gasteiger partial charge is 0.406 e. The highest BCUT2D eigenvalue weighted by atomic mass is 32.1. The average Bonchev–Trinajstić information content (AvgIpc) is 3.71. The minimum Gasteiger partial charge on any atom is -0.464 e. The number of amides is 1. The lowest BCUT2D eigenvalue weighted by Crippen LogP contribution is -2.55. The summed E-state index contributed by atoms with van der Waals surface area (Å²) in [6.45, 7) is 11.9. The van der Waals surface area contributed by atoms with Crippen LogP contribution in [-0.2, 0) is 38.4 Å². The maximum Gasteiger partial charge on any atom is 0.406 e. The van der Waals surface area contributed by atoms with Crippen LogP contribution in [0.3, 0.4) is 0 Å². The zero-order chi connectivity index (χ0) is 39.7. The highest BCUT2D eigenvalue weighted by molar-refractivity contribution is 7.09. The van der Waals surface area contributed by atoms with Gasteiger partial charge >= 0.3 is 12.1 Å². The molecule has 16 heteroatoms. The van der Waals surface area contributed by atoms with Crippen molar-refractivity contribution in [1.29, 1.82) is 0 Å². The lowest BCUT2D eigenvalue weighted by molar-refractivity contribution is -0.154. The van der Waals surface area contributed by atoms with Crippen LogP contribution in [-0.4, -0.2) is 114 Å². The van der Waals surface area contributed by atoms with E-state index in [2.05, 4.69) is 26.8 Å². The summed E-state index contributed by atoms with van der Waals surface area (Å²) in [6.07, 6.45) is -0.476. The molecule has 0 radical (unpaired) electrons. The molecule has 298 valence electrons. The Morgan fingerprint density at radius 3 is 2.65 bits per heavy atom. The fourth-order valence-corrected chi connectivity index (χ4v) is 7.93. The molecule has 2 aromatic heterocycles. The number of hydrogen-bond acceptors (Lipinski definition) is 10. The van der Waals surface area contributed by atoms with E-state index in [0.717, 1.165) is 36.8 Å². The molecule has 0 aliphatic carbocycles. The van der Waals surface area contributed by atoms with E-state index in [4.69, 9.17) is 14.5 Å². The van der Waals surface area contributed by atoms with Crippen molar-refractivity contribution < 1.29 is 36.6 Å². The Bertz CT molecular complexity index is 1980. The van der Waals surface area contributed by atoms with Crippen LogP contribution in [0.25, 0.3) is 28.2 Å². The standard InChI is InChI=1S/C39H49F4N7O4S/c1-24(48-14-12-47(5)13-15-48)20-44-31(25(2)53-6)18-34-28-19-38(3,4)23-54-37(52)30-8-7-11-50(46-30)36(51)10-9-35-45-32(21-55-35)27-16-26(28)33(17-29(27)40)49(34)22-39(41,42)43/h16-18,20-21,25,30,46H,1,7-15,19,22-23H2,2-6H3/b31-18+,44-20?/t25-,30-/m0/s1. The Morgan fingerprint density at radius 2 is 1.95 bits per heavy atom. The number of benzene rings is 1. The van der Waals surface area contributed by atoms with Gasteiger partial charge in [0, 0.05) is 92.0 Å². The lowest BCUT2D eigenvalue weighted by Gasteiger charge is -2.34. The van der Waals surface area contributed by atoms with Crippen LogP contribution in [0.4, 0.5) is 17.6 Å². The van der Waals surface area contributed by atoms with Gasteiger partial charge in [-0.25, -0.2) is 14.8 Å². The summed E-state index contributed by atoms with van der Waals surface area (Å²) in [5.74, 6) is -1.46. The molecule has 1 aromatic carbocycles. The average molecular weight is 788 g/mol. The number of halogens is 4. The van der Waals surface area contributed by atoms with Gasteiger partial charge in [0.25, 0.3) is 0 Å². The second-order valence-corrected chi connectivity index (χ2v) is 16.3. The topological polar surface area (TPSA) is 105 Å². The van der Waals surface area contributed by atoms with E-state index in [1.165, 1.54) is 23.5 Å². The number of methoxy groups -OCH3 is 1. The monoisotopic (exact) mass is 787 g/mol. The number of cyclic esters (lactones) is 1. The van der Waals surface area contributed by atoms with Crippen molar-refractivity contribution in [2.45, 2.75) is 77.7 Å². The highest BCUT2D eigenvalue weighted by Crippen LogP contribution is 2.39. The Morgan fingerprint density at radius 1 is 1.20 bits per heavy atom. The van der Waals surface area contributed by atoms with Gasteiger partial charge in [-0.05, 0) is 57.0 Å². The van der Waals surface area contributed by atoms with E-state index in [1.807, 2.05) is 20.9 Å². The van der Waals surface area contributed by atoms with Gasteiger partial charge < -0.3 is 23.8 Å². The molecule has 2 saturated heterocycles. The van der Waals surface area contributed by atoms with Crippen LogP contribution < -0.4 is 5.43 Å². The number of nitrogens with one attached hydrogen (secondary N) is 1. The number of carbonyl (C=O) groups is 2. The highest BCUT2D eigenvalue weighted by Gasteiger charge is 2.35. The predicted molar refractivity (Wildman–Crippen MR) is 205 cm³/mol. The second kappa shape index (κ2) is 16.5. The summed E-state index contributed by atoms with van der Waals surface area (Å²) in [5, 5.41) is 4.14. The third-order valence-corrected chi connectivity index (χ3v) is 11.3. The SMILES string of the molecule is C=C(C=N/C(=C/c1c2c3cc(c(F)cc3n1CC(F)(F)F)-c1csc(n1)CCC(=O)N1CCC[C@H](N1)C(=O)OCC(C)(C)C2)[C@H](C)OC)N1CCN(C)CC1. The third kappa shape index (κ3) is 9.65. The molecule has 3 aromatic rings. The predicted octanol–water partition coefficient (Wildman–Crippen LogP) is 6.23. The molecule has 55 heavy (non-hydrogen) atoms. The van der Waals surface area contributed by atoms with Crippen LogP contribution in [0.15, 0.2) is 40.5 Å². The zero-order valence-corrected chi connectivity index (χ0v) is 32.8. The lowest BCUT2D eigenvalue weighted by atomic mass is 9.85. The summed E-state index contributed by atoms with van der Waals surface area (Å²) >= 11 is 1.28. The summed E-state index contributed by atoms with van der Waals surface area (Å²) in [5.41, 5.74) is 4.39. The maximum absolute atomic E-state index is 16.2. The molecule has 3 aliphatic rings. The summed E-state index contributed by atoms with van der Waals surface area (Å²) in [4.78, 5) is 40.1. The Balaban J connectivity index is 1.52. The number of piperazine rings is 1. The maximum atomic E-state index is 16.2. The Kier molecular flexibility index (Phi) is 12.2. The van der Waals surface area contributed by atoms with Gasteiger partial charge in [-0.1, -0.05) is 20.4 Å². The molecule has 0 unspecified atom stereocenters. The molecule has 11 nitrogen and oxygen atoms in total. The molecule has 6 bridgehead atoms. The molecule has 3 aliphatic heterocycles. The number of thiazole rings is 1. The van der Waals surface area contributed by atoms with Crippen molar-refractivity contribution in [2.24, 2.45) is 10.4 Å². The van der Waals surface area contributed by atoms with Crippen LogP contribution in [0.1, 0.15) is 56.3 Å². The van der Waals surface area contributed by atoms with Gasteiger partial charge in [-0.15, -0.1) is 11.3 Å². The van der Waals surface area contributed by atoms with Crippen molar-refractivity contribution >= 4 is 46.4 Å². The number of carbonyl (C=O) groups excluding carboxylic acids is 2. The summed E-state index contributed by atoms with van der Waals surface area (Å²) in [6, 6.07) is 1.95. The quantitative estimate of drug-likeness (QED) is 0.171. The van der Waals surface area contributed by atoms with Gasteiger partial charge in [-0.3, -0.25) is 19.6 Å². The van der Waals surface area contributed by atoms with Gasteiger partial charge in [0.2, 0.25) is 5.91 Å². The zero-order valence-electron chi connectivity index (χ0n) is 32.0. The number of likely N-dealkylation sites (N-methyl/N-ethyl adjacent to an activating group) is 1. The molecule has 5 heterocycles. The summed E-state index contributed by atoms with van der Waals surface area (Å²) in [7, 11) is 3.54. The van der Waals surface area contributed by atoms with Gasteiger partial charge in [0.1, 0.15) is 18.4 Å². The van der Waals surface area contributed by atoms with Crippen molar-refractivity contribution in [1.82, 2.24) is 29.8 Å². The Hall–Kier alpha value is -4.12. The van der Waals surface area contributed by atoms with Crippen LogP contribution >= 0.6 is 11.3 Å². The molecular formula is C39H49F4N7O4S. The molecule has 6 rings (SSSR count). The van der Waals surface area contributed by atoms with Crippen molar-refractivity contribution in [2.75, 3.05) is 53.5 Å². The van der Waals surface area contributed by atoms with Crippen LogP contribution in [0.5, 0.6) is 0 Å². The van der Waals surface area contributed by atoms with Gasteiger partial charge in [0.15, 0.2) is 0 Å². The molecule has 0 spiro atoms. The van der Waals surface area contributed by atoms with E-state index >= 15 is 4.39 Å². The van der Waals surface area contributed by atoms with Crippen molar-refractivity contribution in [3.63, 3.8) is 0 Å². The number of rotatable bonds is 7. The number of alkyl halides is 3. The number of esters is 1. The molecule has 2 fully saturated rings. The molecule has 2 atom stereocenters. The van der Waals surface area contributed by atoms with Gasteiger partial charge in [0.05, 0.1) is 34.6 Å². The fraction of sp³-hybridized carbons (Fsp3) is 0.538. The first-order chi connectivity index (χ1) is 26.0. The largest absolute Gasteiger partial charge is 0.464 e. The molecular weight excluding hydrogens is 739 g/mol. The first kappa shape index (κ1) is 40.5. The minimum absolute atomic E-state index is 0.0461. The number of aliphatic imine (C=N–C) groups is 1. The number of hydrazine groups is 1. The van der Waals surface area contributed by atoms with E-state index in [-0.39, 0.29) is 42.1 Å². The molecule has 0 saturated carbocycles. The number of aromatic nitrogens is 2. The van der Waals surface area contributed by atoms with E-state index in [1.54, 1.807) is 30.7 Å². The molecule has 1 amide bonds. The fourth-order valence-electron chi connectivity index (χ4n) is 7.13. The normalized spacial score (nSPS) is 21.3. The first-order valence-electron chi connectivity index (χ1n) is 18.5. The van der Waals surface area contributed by atoms with E-state index in [0.29, 0.717) is 58.9 Å². The first-order valence-corrected chi connectivity index (χ1v) is 19.4. The second-order valence-electron chi connectivity index (χ2n) is 15.3. The number of allylic oxidation sites excluding steroid dienone is 1. The third-order valence-electron chi connectivity index (χ3n) is 10.4. The van der Waals surface area contributed by atoms with Crippen LogP contribution in [0.2, 0.25) is 0 Å². The minimum atomic E-state index is -4.66. The van der Waals surface area contributed by atoms with E-state index < -0.39 is 42.1 Å². The number of fused-ring (bicyclic) bond motifs is 6. The van der Waals surface area contributed by atoms with Crippen molar-refractivity contribution in [3.05, 3.63) is 57.6 Å². The number of hydrogen-bond donors (Lipinski definition) is 1.